The average Bonchev–Trinajstić information content (AvgIpc) is 2.55. The molecule has 0 aliphatic carbocycles. The molecule has 1 aliphatic heterocycles. The summed E-state index contributed by atoms with van der Waals surface area (Å²) in [4.78, 5) is 14.5. The van der Waals surface area contributed by atoms with Crippen LogP contribution in [0.2, 0.25) is 0 Å². The van der Waals surface area contributed by atoms with E-state index in [1.54, 1.807) is 11.0 Å². The summed E-state index contributed by atoms with van der Waals surface area (Å²) in [5, 5.41) is 3.20. The normalized spacial score (nSPS) is 18.0. The third-order valence-corrected chi connectivity index (χ3v) is 4.54. The minimum Gasteiger partial charge on any atom is -0.342 e. The summed E-state index contributed by atoms with van der Waals surface area (Å²) in [6, 6.07) is 5.54. The molecule has 1 amide bonds. The third kappa shape index (κ3) is 4.25. The van der Waals surface area contributed by atoms with Crippen LogP contribution in [0.25, 0.3) is 0 Å². The SMILES string of the molecule is CCC(C(=O)N1CCC(NC)CC1)c1cccc(C(F)(F)F)c1. The summed E-state index contributed by atoms with van der Waals surface area (Å²) in [6.07, 6.45) is -2.14. The Kier molecular flexibility index (Phi) is 5.68. The lowest BCUT2D eigenvalue weighted by Gasteiger charge is -2.34. The predicted molar refractivity (Wildman–Crippen MR) is 83.1 cm³/mol. The quantitative estimate of drug-likeness (QED) is 0.919. The first-order valence-corrected chi connectivity index (χ1v) is 8.00. The molecule has 1 saturated heterocycles. The highest BCUT2D eigenvalue weighted by molar-refractivity contribution is 5.83. The molecule has 128 valence electrons. The van der Waals surface area contributed by atoms with Crippen molar-refractivity contribution in [2.45, 2.75) is 44.3 Å². The van der Waals surface area contributed by atoms with Gasteiger partial charge in [-0.05, 0) is 37.9 Å². The fourth-order valence-corrected chi connectivity index (χ4v) is 3.09. The van der Waals surface area contributed by atoms with Crippen molar-refractivity contribution in [2.75, 3.05) is 20.1 Å². The van der Waals surface area contributed by atoms with Crippen LogP contribution >= 0.6 is 0 Å². The van der Waals surface area contributed by atoms with Crippen LogP contribution in [0.1, 0.15) is 43.2 Å². The molecule has 2 rings (SSSR count). The second-order valence-corrected chi connectivity index (χ2v) is 5.97. The molecule has 1 aromatic rings. The van der Waals surface area contributed by atoms with Crippen molar-refractivity contribution in [3.8, 4) is 0 Å². The Morgan fingerprint density at radius 3 is 2.52 bits per heavy atom. The molecule has 0 spiro atoms. The summed E-state index contributed by atoms with van der Waals surface area (Å²) in [5.74, 6) is -0.579. The molecule has 1 aliphatic rings. The number of nitrogens with one attached hydrogen (secondary N) is 1. The van der Waals surface area contributed by atoms with Crippen LogP contribution in [0, 0.1) is 0 Å². The molecule has 1 heterocycles. The predicted octanol–water partition coefficient (Wildman–Crippen LogP) is 3.41. The van der Waals surface area contributed by atoms with Crippen molar-refractivity contribution in [3.63, 3.8) is 0 Å². The molecule has 6 heteroatoms. The van der Waals surface area contributed by atoms with E-state index in [0.29, 0.717) is 31.1 Å². The van der Waals surface area contributed by atoms with Crippen LogP contribution in [0.3, 0.4) is 0 Å². The Labute approximate surface area is 134 Å². The van der Waals surface area contributed by atoms with Crippen LogP contribution in [0.5, 0.6) is 0 Å². The van der Waals surface area contributed by atoms with Crippen LogP contribution in [-0.4, -0.2) is 37.0 Å². The minimum atomic E-state index is -4.39. The van der Waals surface area contributed by atoms with Crippen LogP contribution in [0.15, 0.2) is 24.3 Å². The van der Waals surface area contributed by atoms with Gasteiger partial charge in [-0.1, -0.05) is 25.1 Å². The molecule has 0 bridgehead atoms. The van der Waals surface area contributed by atoms with Crippen LogP contribution in [0.4, 0.5) is 13.2 Å². The molecule has 1 N–H and O–H groups in total. The van der Waals surface area contributed by atoms with E-state index in [9.17, 15) is 18.0 Å². The van der Waals surface area contributed by atoms with Crippen LogP contribution < -0.4 is 5.32 Å². The van der Waals surface area contributed by atoms with Crippen molar-refractivity contribution in [1.29, 1.82) is 0 Å². The Balaban J connectivity index is 2.15. The number of halogens is 3. The molecule has 0 radical (unpaired) electrons. The molecule has 3 nitrogen and oxygen atoms in total. The largest absolute Gasteiger partial charge is 0.416 e. The van der Waals surface area contributed by atoms with Crippen molar-refractivity contribution in [3.05, 3.63) is 35.4 Å². The van der Waals surface area contributed by atoms with Crippen LogP contribution in [-0.2, 0) is 11.0 Å². The standard InChI is InChI=1S/C17H23F3N2O/c1-3-15(12-5-4-6-13(11-12)17(18,19)20)16(23)22-9-7-14(21-2)8-10-22/h4-6,11,14-15,21H,3,7-10H2,1-2H3. The minimum absolute atomic E-state index is 0.0682. The van der Waals surface area contributed by atoms with E-state index < -0.39 is 17.7 Å². The molecule has 1 atom stereocenters. The molecule has 23 heavy (non-hydrogen) atoms. The number of hydrogen-bond acceptors (Lipinski definition) is 2. The maximum absolute atomic E-state index is 12.9. The number of alkyl halides is 3. The zero-order valence-electron chi connectivity index (χ0n) is 13.5. The Morgan fingerprint density at radius 1 is 1.35 bits per heavy atom. The molecular weight excluding hydrogens is 305 g/mol. The fraction of sp³-hybridized carbons (Fsp3) is 0.588. The highest BCUT2D eigenvalue weighted by atomic mass is 19.4. The van der Waals surface area contributed by atoms with E-state index in [4.69, 9.17) is 0 Å². The molecule has 0 aromatic heterocycles. The van der Waals surface area contributed by atoms with E-state index in [0.717, 1.165) is 25.0 Å². The van der Waals surface area contributed by atoms with E-state index in [1.165, 1.54) is 6.07 Å². The lowest BCUT2D eigenvalue weighted by molar-refractivity contribution is -0.138. The topological polar surface area (TPSA) is 32.3 Å². The van der Waals surface area contributed by atoms with Gasteiger partial charge < -0.3 is 10.2 Å². The van der Waals surface area contributed by atoms with E-state index in [1.807, 2.05) is 14.0 Å². The van der Waals surface area contributed by atoms with E-state index in [-0.39, 0.29) is 5.91 Å². The van der Waals surface area contributed by atoms with Crippen molar-refractivity contribution < 1.29 is 18.0 Å². The van der Waals surface area contributed by atoms with Crippen molar-refractivity contribution in [1.82, 2.24) is 10.2 Å². The van der Waals surface area contributed by atoms with Crippen molar-refractivity contribution in [2.24, 2.45) is 0 Å². The number of benzene rings is 1. The number of carbonyl (C=O) groups is 1. The van der Waals surface area contributed by atoms with Gasteiger partial charge in [-0.2, -0.15) is 13.2 Å². The van der Waals surface area contributed by atoms with Gasteiger partial charge in [0.15, 0.2) is 0 Å². The Bertz CT molecular complexity index is 537. The fourth-order valence-electron chi connectivity index (χ4n) is 3.09. The molecule has 1 fully saturated rings. The maximum Gasteiger partial charge on any atom is 0.416 e. The molecule has 1 unspecified atom stereocenters. The second-order valence-electron chi connectivity index (χ2n) is 5.97. The second kappa shape index (κ2) is 7.34. The smallest absolute Gasteiger partial charge is 0.342 e. The van der Waals surface area contributed by atoms with Gasteiger partial charge in [0, 0.05) is 19.1 Å². The van der Waals surface area contributed by atoms with Gasteiger partial charge in [0.2, 0.25) is 5.91 Å². The van der Waals surface area contributed by atoms with E-state index >= 15 is 0 Å². The molecular formula is C17H23F3N2O. The summed E-state index contributed by atoms with van der Waals surface area (Å²) < 4.78 is 38.6. The number of piperidine rings is 1. The average molecular weight is 328 g/mol. The van der Waals surface area contributed by atoms with Gasteiger partial charge in [-0.25, -0.2) is 0 Å². The zero-order valence-corrected chi connectivity index (χ0v) is 13.5. The highest BCUT2D eigenvalue weighted by Crippen LogP contribution is 2.32. The van der Waals surface area contributed by atoms with Gasteiger partial charge in [-0.3, -0.25) is 4.79 Å². The number of likely N-dealkylation sites (tertiary alicyclic amines) is 1. The Hall–Kier alpha value is -1.56. The zero-order chi connectivity index (χ0) is 17.0. The first kappa shape index (κ1) is 17.8. The van der Waals surface area contributed by atoms with Gasteiger partial charge >= 0.3 is 6.18 Å². The summed E-state index contributed by atoms with van der Waals surface area (Å²) >= 11 is 0. The highest BCUT2D eigenvalue weighted by Gasteiger charge is 2.33. The summed E-state index contributed by atoms with van der Waals surface area (Å²) in [6.45, 7) is 3.14. The third-order valence-electron chi connectivity index (χ3n) is 4.54. The van der Waals surface area contributed by atoms with Gasteiger partial charge in [0.25, 0.3) is 0 Å². The first-order chi connectivity index (χ1) is 10.9. The lowest BCUT2D eigenvalue weighted by atomic mass is 9.92. The monoisotopic (exact) mass is 328 g/mol. The maximum atomic E-state index is 12.9. The van der Waals surface area contributed by atoms with Gasteiger partial charge in [0.1, 0.15) is 0 Å². The number of carbonyl (C=O) groups excluding carboxylic acids is 1. The first-order valence-electron chi connectivity index (χ1n) is 8.00. The molecule has 0 saturated carbocycles. The summed E-state index contributed by atoms with van der Waals surface area (Å²) in [7, 11) is 1.90. The number of hydrogen-bond donors (Lipinski definition) is 1. The Morgan fingerprint density at radius 2 is 2.00 bits per heavy atom. The molecule has 1 aromatic carbocycles. The van der Waals surface area contributed by atoms with Gasteiger partial charge in [0.05, 0.1) is 11.5 Å². The van der Waals surface area contributed by atoms with Crippen molar-refractivity contribution >= 4 is 5.91 Å². The number of rotatable bonds is 4. The van der Waals surface area contributed by atoms with Gasteiger partial charge in [-0.15, -0.1) is 0 Å². The van der Waals surface area contributed by atoms with E-state index in [2.05, 4.69) is 5.32 Å². The number of nitrogens with zero attached hydrogens (tertiary/aromatic N) is 1. The number of amides is 1. The lowest BCUT2D eigenvalue weighted by Crippen LogP contribution is -2.45. The summed E-state index contributed by atoms with van der Waals surface area (Å²) in [5.41, 5.74) is -0.252.